The molecule has 0 spiro atoms. The summed E-state index contributed by atoms with van der Waals surface area (Å²) in [6.45, 7) is 5.25. The molecule has 0 fully saturated rings. The molecule has 1 aromatic rings. The Morgan fingerprint density at radius 2 is 2.17 bits per heavy atom. The summed E-state index contributed by atoms with van der Waals surface area (Å²) in [4.78, 5) is 23.1. The molecule has 3 heterocycles. The van der Waals surface area contributed by atoms with Gasteiger partial charge in [0, 0.05) is 42.5 Å². The molecular formula is C16H21N3O3S. The van der Waals surface area contributed by atoms with E-state index in [1.807, 2.05) is 6.20 Å². The van der Waals surface area contributed by atoms with Gasteiger partial charge in [-0.1, -0.05) is 19.9 Å². The number of rotatable bonds is 4. The van der Waals surface area contributed by atoms with Crippen LogP contribution in [0.1, 0.15) is 37.4 Å². The average Bonchev–Trinajstić information content (AvgIpc) is 3.01. The Hall–Kier alpha value is -1.76. The lowest BCUT2D eigenvalue weighted by Crippen LogP contribution is -2.27. The number of carbonyl (C=O) groups is 1. The van der Waals surface area contributed by atoms with E-state index < -0.39 is 9.84 Å². The van der Waals surface area contributed by atoms with Gasteiger partial charge in [-0.05, 0) is 5.92 Å². The van der Waals surface area contributed by atoms with Crippen molar-refractivity contribution in [3.63, 3.8) is 0 Å². The van der Waals surface area contributed by atoms with Gasteiger partial charge in [0.1, 0.15) is 5.82 Å². The Morgan fingerprint density at radius 1 is 1.39 bits per heavy atom. The van der Waals surface area contributed by atoms with Crippen molar-refractivity contribution < 1.29 is 13.2 Å². The molecule has 0 aliphatic carbocycles. The van der Waals surface area contributed by atoms with Crippen molar-refractivity contribution in [3.8, 4) is 0 Å². The van der Waals surface area contributed by atoms with E-state index in [0.717, 1.165) is 23.5 Å². The highest BCUT2D eigenvalue weighted by Crippen LogP contribution is 2.25. The molecule has 7 heteroatoms. The third-order valence-corrected chi connectivity index (χ3v) is 5.56. The zero-order valence-corrected chi connectivity index (χ0v) is 14.2. The lowest BCUT2D eigenvalue weighted by Gasteiger charge is -2.16. The van der Waals surface area contributed by atoms with Crippen LogP contribution >= 0.6 is 0 Å². The van der Waals surface area contributed by atoms with E-state index >= 15 is 0 Å². The van der Waals surface area contributed by atoms with E-state index in [1.165, 1.54) is 5.41 Å². The van der Waals surface area contributed by atoms with Crippen molar-refractivity contribution in [2.75, 3.05) is 5.75 Å². The molecule has 124 valence electrons. The van der Waals surface area contributed by atoms with Crippen LogP contribution in [0, 0.1) is 11.8 Å². The number of nitrogens with zero attached hydrogens (tertiary/aromatic N) is 3. The fourth-order valence-corrected chi connectivity index (χ4v) is 4.35. The summed E-state index contributed by atoms with van der Waals surface area (Å²) in [5.41, 5.74) is 1.90. The lowest BCUT2D eigenvalue weighted by molar-refractivity contribution is -0.132. The standard InChI is InChI=1S/C16H21N3O3S/c1-11(2)5-15-17-7-13-8-19(9-14(13)18-15)16(20)6-12-3-4-23(21,22)10-12/h3-4,7,11-12H,5-6,8-10H2,1-2H3. The Bertz CT molecular complexity index is 756. The van der Waals surface area contributed by atoms with E-state index in [9.17, 15) is 13.2 Å². The van der Waals surface area contributed by atoms with Crippen LogP contribution in [-0.4, -0.2) is 34.9 Å². The minimum Gasteiger partial charge on any atom is -0.332 e. The van der Waals surface area contributed by atoms with E-state index in [4.69, 9.17) is 0 Å². The van der Waals surface area contributed by atoms with Gasteiger partial charge in [-0.3, -0.25) is 4.79 Å². The molecule has 0 radical (unpaired) electrons. The van der Waals surface area contributed by atoms with Crippen molar-refractivity contribution in [3.05, 3.63) is 34.8 Å². The summed E-state index contributed by atoms with van der Waals surface area (Å²) in [6, 6.07) is 0. The largest absolute Gasteiger partial charge is 0.332 e. The Kier molecular flexibility index (Phi) is 4.23. The fraction of sp³-hybridized carbons (Fsp3) is 0.562. The van der Waals surface area contributed by atoms with Crippen LogP contribution in [0.3, 0.4) is 0 Å². The van der Waals surface area contributed by atoms with Crippen LogP contribution < -0.4 is 0 Å². The molecule has 1 amide bonds. The van der Waals surface area contributed by atoms with Crippen LogP contribution in [0.4, 0.5) is 0 Å². The Morgan fingerprint density at radius 3 is 2.83 bits per heavy atom. The van der Waals surface area contributed by atoms with Gasteiger partial charge in [-0.15, -0.1) is 0 Å². The van der Waals surface area contributed by atoms with Gasteiger partial charge < -0.3 is 4.90 Å². The maximum Gasteiger partial charge on any atom is 0.223 e. The monoisotopic (exact) mass is 335 g/mol. The third-order valence-electron chi connectivity index (χ3n) is 4.09. The highest BCUT2D eigenvalue weighted by atomic mass is 32.2. The molecular weight excluding hydrogens is 314 g/mol. The number of hydrogen-bond donors (Lipinski definition) is 0. The molecule has 0 aromatic carbocycles. The molecule has 0 saturated carbocycles. The second-order valence-electron chi connectivity index (χ2n) is 6.73. The Labute approximate surface area is 136 Å². The van der Waals surface area contributed by atoms with Gasteiger partial charge in [0.15, 0.2) is 9.84 Å². The maximum absolute atomic E-state index is 12.4. The maximum atomic E-state index is 12.4. The van der Waals surface area contributed by atoms with E-state index in [2.05, 4.69) is 23.8 Å². The summed E-state index contributed by atoms with van der Waals surface area (Å²) < 4.78 is 22.8. The van der Waals surface area contributed by atoms with Gasteiger partial charge in [-0.2, -0.15) is 0 Å². The molecule has 0 bridgehead atoms. The van der Waals surface area contributed by atoms with Crippen molar-refractivity contribution in [1.29, 1.82) is 0 Å². The summed E-state index contributed by atoms with van der Waals surface area (Å²) in [5, 5.41) is 1.22. The topological polar surface area (TPSA) is 80.2 Å². The van der Waals surface area contributed by atoms with E-state index in [1.54, 1.807) is 11.0 Å². The summed E-state index contributed by atoms with van der Waals surface area (Å²) in [6.07, 6.45) is 4.49. The number of allylic oxidation sites excluding steroid dienone is 1. The molecule has 3 rings (SSSR count). The van der Waals surface area contributed by atoms with Crippen LogP contribution in [0.15, 0.2) is 17.7 Å². The molecule has 2 aliphatic heterocycles. The van der Waals surface area contributed by atoms with E-state index in [0.29, 0.717) is 19.0 Å². The summed E-state index contributed by atoms with van der Waals surface area (Å²) in [7, 11) is -3.11. The van der Waals surface area contributed by atoms with Gasteiger partial charge in [0.05, 0.1) is 18.0 Å². The molecule has 1 atom stereocenters. The molecule has 1 aromatic heterocycles. The van der Waals surface area contributed by atoms with Crippen molar-refractivity contribution in [1.82, 2.24) is 14.9 Å². The first-order valence-corrected chi connectivity index (χ1v) is 9.56. The normalized spacial score (nSPS) is 21.9. The van der Waals surface area contributed by atoms with Gasteiger partial charge >= 0.3 is 0 Å². The van der Waals surface area contributed by atoms with Gasteiger partial charge in [0.25, 0.3) is 0 Å². The van der Waals surface area contributed by atoms with Crippen LogP contribution in [0.25, 0.3) is 0 Å². The smallest absolute Gasteiger partial charge is 0.223 e. The predicted octanol–water partition coefficient (Wildman–Crippen LogP) is 1.47. The highest BCUT2D eigenvalue weighted by Gasteiger charge is 2.29. The van der Waals surface area contributed by atoms with Crippen molar-refractivity contribution in [2.24, 2.45) is 11.8 Å². The minimum atomic E-state index is -3.11. The SMILES string of the molecule is CC(C)Cc1ncc2c(n1)CN(C(=O)CC1C=CS(=O)(=O)C1)C2. The highest BCUT2D eigenvalue weighted by molar-refractivity contribution is 7.94. The lowest BCUT2D eigenvalue weighted by atomic mass is 10.1. The third kappa shape index (κ3) is 3.77. The zero-order valence-electron chi connectivity index (χ0n) is 13.4. The predicted molar refractivity (Wildman–Crippen MR) is 85.9 cm³/mol. The first kappa shape index (κ1) is 16.1. The first-order valence-electron chi connectivity index (χ1n) is 7.85. The molecule has 2 aliphatic rings. The number of hydrogen-bond acceptors (Lipinski definition) is 5. The minimum absolute atomic E-state index is 0.0276. The molecule has 6 nitrogen and oxygen atoms in total. The van der Waals surface area contributed by atoms with Crippen molar-refractivity contribution >= 4 is 15.7 Å². The molecule has 0 saturated heterocycles. The number of aromatic nitrogens is 2. The number of carbonyl (C=O) groups excluding carboxylic acids is 1. The van der Waals surface area contributed by atoms with Gasteiger partial charge in [-0.25, -0.2) is 18.4 Å². The number of amides is 1. The quantitative estimate of drug-likeness (QED) is 0.832. The fourth-order valence-electron chi connectivity index (χ4n) is 2.96. The second-order valence-corrected chi connectivity index (χ2v) is 8.66. The zero-order chi connectivity index (χ0) is 16.6. The van der Waals surface area contributed by atoms with Crippen LogP contribution in [-0.2, 0) is 34.1 Å². The molecule has 1 unspecified atom stereocenters. The Balaban J connectivity index is 1.63. The van der Waals surface area contributed by atoms with Crippen LogP contribution in [0.5, 0.6) is 0 Å². The summed E-state index contributed by atoms with van der Waals surface area (Å²) >= 11 is 0. The van der Waals surface area contributed by atoms with Gasteiger partial charge in [0.2, 0.25) is 5.91 Å². The molecule has 0 N–H and O–H groups in total. The number of fused-ring (bicyclic) bond motifs is 1. The first-order chi connectivity index (χ1) is 10.8. The second kappa shape index (κ2) is 6.03. The van der Waals surface area contributed by atoms with E-state index in [-0.39, 0.29) is 24.0 Å². The number of sulfone groups is 1. The van der Waals surface area contributed by atoms with Crippen molar-refractivity contribution in [2.45, 2.75) is 39.8 Å². The molecule has 23 heavy (non-hydrogen) atoms. The summed E-state index contributed by atoms with van der Waals surface area (Å²) in [5.74, 6) is 1.11. The van der Waals surface area contributed by atoms with Crippen LogP contribution in [0.2, 0.25) is 0 Å². The average molecular weight is 335 g/mol.